The van der Waals surface area contributed by atoms with Crippen molar-refractivity contribution in [3.05, 3.63) is 36.4 Å². The molecule has 0 saturated carbocycles. The monoisotopic (exact) mass is 257 g/mol. The first-order valence-electron chi connectivity index (χ1n) is 5.87. The summed E-state index contributed by atoms with van der Waals surface area (Å²) in [5.74, 6) is 2.74. The molecule has 1 aliphatic rings. The summed E-state index contributed by atoms with van der Waals surface area (Å²) in [4.78, 5) is 0. The smallest absolute Gasteiger partial charge is 0.231 e. The highest BCUT2D eigenvalue weighted by atomic mass is 16.7. The topological polar surface area (TPSA) is 36.9 Å². The van der Waals surface area contributed by atoms with Gasteiger partial charge in [-0.25, -0.2) is 0 Å². The van der Waals surface area contributed by atoms with E-state index in [-0.39, 0.29) is 6.79 Å². The molecule has 0 saturated heterocycles. The summed E-state index contributed by atoms with van der Waals surface area (Å²) in [7, 11) is 3.22. The van der Waals surface area contributed by atoms with Crippen LogP contribution in [0, 0.1) is 6.07 Å². The van der Waals surface area contributed by atoms with Gasteiger partial charge in [0, 0.05) is 11.1 Å². The molecule has 2 aromatic carbocycles. The molecular formula is C15H13O4. The summed E-state index contributed by atoms with van der Waals surface area (Å²) >= 11 is 0. The molecule has 4 heteroatoms. The van der Waals surface area contributed by atoms with Gasteiger partial charge in [0.25, 0.3) is 0 Å². The number of benzene rings is 2. The lowest BCUT2D eigenvalue weighted by Gasteiger charge is -2.13. The lowest BCUT2D eigenvalue weighted by molar-refractivity contribution is 0.174. The van der Waals surface area contributed by atoms with E-state index in [2.05, 4.69) is 6.07 Å². The fraction of sp³-hybridized carbons (Fsp3) is 0.200. The van der Waals surface area contributed by atoms with Crippen LogP contribution in [-0.2, 0) is 0 Å². The number of rotatable bonds is 3. The first kappa shape index (κ1) is 11.7. The number of ether oxygens (including phenoxy) is 4. The summed E-state index contributed by atoms with van der Waals surface area (Å²) in [6, 6.07) is 12.5. The minimum atomic E-state index is 0.229. The third-order valence-electron chi connectivity index (χ3n) is 3.00. The molecule has 0 aliphatic carbocycles. The van der Waals surface area contributed by atoms with E-state index in [9.17, 15) is 0 Å². The van der Waals surface area contributed by atoms with E-state index in [1.807, 2.05) is 30.3 Å². The molecule has 1 aliphatic heterocycles. The first-order valence-corrected chi connectivity index (χ1v) is 5.87. The SMILES string of the molecule is COc1cccc(-c2[c]ccc3c2OCO3)c1OC. The Labute approximate surface area is 111 Å². The molecule has 0 N–H and O–H groups in total. The Morgan fingerprint density at radius 1 is 1.11 bits per heavy atom. The maximum atomic E-state index is 5.51. The Hall–Kier alpha value is -2.36. The van der Waals surface area contributed by atoms with E-state index >= 15 is 0 Å². The van der Waals surface area contributed by atoms with Crippen LogP contribution in [0.1, 0.15) is 0 Å². The molecule has 0 aromatic heterocycles. The van der Waals surface area contributed by atoms with Crippen LogP contribution in [0.4, 0.5) is 0 Å². The van der Waals surface area contributed by atoms with Gasteiger partial charge in [-0.2, -0.15) is 0 Å². The van der Waals surface area contributed by atoms with Crippen LogP contribution in [0.2, 0.25) is 0 Å². The van der Waals surface area contributed by atoms with Crippen LogP contribution >= 0.6 is 0 Å². The summed E-state index contributed by atoms with van der Waals surface area (Å²) in [5, 5.41) is 0. The fourth-order valence-electron chi connectivity index (χ4n) is 2.16. The number of methoxy groups -OCH3 is 2. The molecule has 19 heavy (non-hydrogen) atoms. The fourth-order valence-corrected chi connectivity index (χ4v) is 2.16. The lowest BCUT2D eigenvalue weighted by atomic mass is 10.0. The summed E-state index contributed by atoms with van der Waals surface area (Å²) < 4.78 is 21.6. The van der Waals surface area contributed by atoms with Crippen LogP contribution in [0.15, 0.2) is 30.3 Å². The summed E-state index contributed by atoms with van der Waals surface area (Å²) in [5.41, 5.74) is 1.68. The van der Waals surface area contributed by atoms with Crippen molar-refractivity contribution >= 4 is 0 Å². The summed E-state index contributed by atoms with van der Waals surface area (Å²) in [6.07, 6.45) is 0. The normalized spacial score (nSPS) is 12.3. The third-order valence-corrected chi connectivity index (χ3v) is 3.00. The van der Waals surface area contributed by atoms with E-state index in [1.54, 1.807) is 14.2 Å². The van der Waals surface area contributed by atoms with Crippen LogP contribution in [0.3, 0.4) is 0 Å². The Morgan fingerprint density at radius 2 is 2.00 bits per heavy atom. The molecule has 0 atom stereocenters. The van der Waals surface area contributed by atoms with Crippen molar-refractivity contribution in [3.8, 4) is 34.1 Å². The average molecular weight is 257 g/mol. The van der Waals surface area contributed by atoms with Crippen molar-refractivity contribution in [2.45, 2.75) is 0 Å². The van der Waals surface area contributed by atoms with Crippen molar-refractivity contribution in [3.63, 3.8) is 0 Å². The van der Waals surface area contributed by atoms with E-state index in [4.69, 9.17) is 18.9 Å². The Kier molecular flexibility index (Phi) is 2.91. The molecule has 3 rings (SSSR count). The molecule has 0 bridgehead atoms. The standard InChI is InChI=1S/C15H13O4/c1-16-12-7-3-5-10(14(12)17-2)11-6-4-8-13-15(11)19-9-18-13/h3-5,7-8H,9H2,1-2H3. The number of para-hydroxylation sites is 1. The van der Waals surface area contributed by atoms with Gasteiger partial charge >= 0.3 is 0 Å². The van der Waals surface area contributed by atoms with Gasteiger partial charge in [0.1, 0.15) is 0 Å². The second kappa shape index (κ2) is 4.72. The van der Waals surface area contributed by atoms with Crippen LogP contribution in [0.5, 0.6) is 23.0 Å². The minimum Gasteiger partial charge on any atom is -0.493 e. The third kappa shape index (κ3) is 1.85. The van der Waals surface area contributed by atoms with Gasteiger partial charge in [0.15, 0.2) is 23.0 Å². The highest BCUT2D eigenvalue weighted by molar-refractivity contribution is 5.80. The van der Waals surface area contributed by atoms with Crippen LogP contribution in [-0.4, -0.2) is 21.0 Å². The molecule has 0 spiro atoms. The van der Waals surface area contributed by atoms with Crippen LogP contribution in [0.25, 0.3) is 11.1 Å². The largest absolute Gasteiger partial charge is 0.493 e. The van der Waals surface area contributed by atoms with Gasteiger partial charge in [-0.3, -0.25) is 0 Å². The van der Waals surface area contributed by atoms with E-state index in [1.165, 1.54) is 0 Å². The number of hydrogen-bond donors (Lipinski definition) is 0. The lowest BCUT2D eigenvalue weighted by Crippen LogP contribution is -1.95. The molecule has 2 aromatic rings. The molecular weight excluding hydrogens is 244 g/mol. The highest BCUT2D eigenvalue weighted by Crippen LogP contribution is 2.46. The molecule has 4 nitrogen and oxygen atoms in total. The van der Waals surface area contributed by atoms with Gasteiger partial charge < -0.3 is 18.9 Å². The molecule has 0 unspecified atom stereocenters. The number of hydrogen-bond acceptors (Lipinski definition) is 4. The Balaban J connectivity index is 2.20. The Morgan fingerprint density at radius 3 is 2.79 bits per heavy atom. The zero-order valence-electron chi connectivity index (χ0n) is 10.7. The maximum Gasteiger partial charge on any atom is 0.231 e. The van der Waals surface area contributed by atoms with Gasteiger partial charge in [-0.15, -0.1) is 0 Å². The maximum absolute atomic E-state index is 5.51. The van der Waals surface area contributed by atoms with Crippen molar-refractivity contribution < 1.29 is 18.9 Å². The van der Waals surface area contributed by atoms with E-state index in [0.29, 0.717) is 17.2 Å². The predicted octanol–water partition coefficient (Wildman–Crippen LogP) is 2.90. The molecule has 1 heterocycles. The first-order chi connectivity index (χ1) is 9.35. The van der Waals surface area contributed by atoms with Crippen molar-refractivity contribution in [1.82, 2.24) is 0 Å². The predicted molar refractivity (Wildman–Crippen MR) is 69.9 cm³/mol. The van der Waals surface area contributed by atoms with E-state index < -0.39 is 0 Å². The number of fused-ring (bicyclic) bond motifs is 1. The average Bonchev–Trinajstić information content (AvgIpc) is 2.94. The van der Waals surface area contributed by atoms with Crippen molar-refractivity contribution in [2.75, 3.05) is 21.0 Å². The summed E-state index contributed by atoms with van der Waals surface area (Å²) in [6.45, 7) is 0.229. The molecule has 97 valence electrons. The zero-order valence-corrected chi connectivity index (χ0v) is 10.7. The molecule has 0 fully saturated rings. The second-order valence-corrected chi connectivity index (χ2v) is 3.99. The van der Waals surface area contributed by atoms with Gasteiger partial charge in [0.05, 0.1) is 14.2 Å². The van der Waals surface area contributed by atoms with Crippen molar-refractivity contribution in [1.29, 1.82) is 0 Å². The van der Waals surface area contributed by atoms with Gasteiger partial charge in [-0.05, 0) is 24.3 Å². The molecule has 0 amide bonds. The quantitative estimate of drug-likeness (QED) is 0.847. The highest BCUT2D eigenvalue weighted by Gasteiger charge is 2.21. The molecule has 1 radical (unpaired) electrons. The van der Waals surface area contributed by atoms with E-state index in [0.717, 1.165) is 16.9 Å². The van der Waals surface area contributed by atoms with Crippen LogP contribution < -0.4 is 18.9 Å². The zero-order chi connectivity index (χ0) is 13.2. The van der Waals surface area contributed by atoms with Crippen molar-refractivity contribution in [2.24, 2.45) is 0 Å². The Bertz CT molecular complexity index is 607. The minimum absolute atomic E-state index is 0.229. The van der Waals surface area contributed by atoms with Gasteiger partial charge in [0.2, 0.25) is 6.79 Å². The second-order valence-electron chi connectivity index (χ2n) is 3.99. The van der Waals surface area contributed by atoms with Gasteiger partial charge in [-0.1, -0.05) is 12.1 Å².